The van der Waals surface area contributed by atoms with Gasteiger partial charge in [0.15, 0.2) is 5.82 Å². The summed E-state index contributed by atoms with van der Waals surface area (Å²) >= 11 is 5.94. The van der Waals surface area contributed by atoms with Crippen LogP contribution < -0.4 is 11.0 Å². The molecular weight excluding hydrogens is 461 g/mol. The van der Waals surface area contributed by atoms with Gasteiger partial charge < -0.3 is 10.4 Å². The molecule has 1 aromatic heterocycles. The topological polar surface area (TPSA) is 89.2 Å². The zero-order valence-electron chi connectivity index (χ0n) is 17.2. The number of aliphatic hydroxyl groups is 1. The summed E-state index contributed by atoms with van der Waals surface area (Å²) in [5.41, 5.74) is -0.588. The Balaban J connectivity index is 1.55. The van der Waals surface area contributed by atoms with Crippen LogP contribution in [0.25, 0.3) is 11.4 Å². The van der Waals surface area contributed by atoms with Gasteiger partial charge >= 0.3 is 11.9 Å². The van der Waals surface area contributed by atoms with Crippen molar-refractivity contribution in [2.24, 2.45) is 0 Å². The van der Waals surface area contributed by atoms with E-state index in [4.69, 9.17) is 11.6 Å². The molecule has 2 aromatic carbocycles. The predicted molar refractivity (Wildman–Crippen MR) is 115 cm³/mol. The van der Waals surface area contributed by atoms with Gasteiger partial charge in [0.05, 0.1) is 18.2 Å². The molecule has 1 heterocycles. The second kappa shape index (κ2) is 9.03. The van der Waals surface area contributed by atoms with Crippen LogP contribution in [0.1, 0.15) is 36.1 Å². The Kier molecular flexibility index (Phi) is 6.31. The van der Waals surface area contributed by atoms with Gasteiger partial charge in [0, 0.05) is 16.6 Å². The predicted octanol–water partition coefficient (Wildman–Crippen LogP) is 3.57. The number of nitrogens with zero attached hydrogens (tertiary/aromatic N) is 3. The standard InChI is InChI=1S/C22H20ClF3N4O3/c23-16-6-4-13(5-7-16)20-28-29(21(33)30(20)17-8-9-17)11-19(32)27-18(12-31)14-2-1-3-15(10-14)22(24,25)26/h1-7,10,17-18,31H,8-9,11-12H2,(H,27,32). The van der Waals surface area contributed by atoms with E-state index in [9.17, 15) is 27.9 Å². The van der Waals surface area contributed by atoms with Crippen LogP contribution in [-0.4, -0.2) is 32.0 Å². The number of carbonyl (C=O) groups is 1. The van der Waals surface area contributed by atoms with Crippen molar-refractivity contribution in [3.8, 4) is 11.4 Å². The van der Waals surface area contributed by atoms with E-state index in [0.29, 0.717) is 16.4 Å². The number of rotatable bonds is 7. The minimum absolute atomic E-state index is 0.00436. The lowest BCUT2D eigenvalue weighted by Crippen LogP contribution is -2.36. The molecular formula is C22H20ClF3N4O3. The molecule has 0 spiro atoms. The highest BCUT2D eigenvalue weighted by Crippen LogP contribution is 2.36. The number of nitrogens with one attached hydrogen (secondary N) is 1. The Labute approximate surface area is 191 Å². The summed E-state index contributed by atoms with van der Waals surface area (Å²) in [5, 5.41) is 17.0. The summed E-state index contributed by atoms with van der Waals surface area (Å²) in [4.78, 5) is 25.5. The number of amides is 1. The second-order valence-electron chi connectivity index (χ2n) is 7.80. The molecule has 1 aliphatic carbocycles. The number of hydrogen-bond acceptors (Lipinski definition) is 4. The minimum Gasteiger partial charge on any atom is -0.394 e. The molecule has 0 aliphatic heterocycles. The lowest BCUT2D eigenvalue weighted by atomic mass is 10.0. The number of aromatic nitrogens is 3. The van der Waals surface area contributed by atoms with Crippen LogP contribution in [-0.2, 0) is 17.5 Å². The van der Waals surface area contributed by atoms with Crippen molar-refractivity contribution in [3.05, 3.63) is 75.2 Å². The summed E-state index contributed by atoms with van der Waals surface area (Å²) in [6, 6.07) is 10.1. The summed E-state index contributed by atoms with van der Waals surface area (Å²) in [6.07, 6.45) is -2.91. The quantitative estimate of drug-likeness (QED) is 0.541. The maximum absolute atomic E-state index is 13.0. The van der Waals surface area contributed by atoms with Crippen LogP contribution in [0.15, 0.2) is 53.3 Å². The molecule has 174 valence electrons. The van der Waals surface area contributed by atoms with Gasteiger partial charge in [-0.15, -0.1) is 5.10 Å². The molecule has 1 amide bonds. The molecule has 1 saturated carbocycles. The van der Waals surface area contributed by atoms with Crippen molar-refractivity contribution in [2.45, 2.75) is 37.6 Å². The maximum atomic E-state index is 13.0. The summed E-state index contributed by atoms with van der Waals surface area (Å²) in [7, 11) is 0. The number of alkyl halides is 3. The molecule has 1 unspecified atom stereocenters. The van der Waals surface area contributed by atoms with E-state index in [1.807, 2.05) is 0 Å². The number of aliphatic hydroxyl groups excluding tert-OH is 1. The van der Waals surface area contributed by atoms with Crippen LogP contribution in [0.3, 0.4) is 0 Å². The van der Waals surface area contributed by atoms with E-state index in [1.165, 1.54) is 16.7 Å². The smallest absolute Gasteiger partial charge is 0.394 e. The van der Waals surface area contributed by atoms with Gasteiger partial charge in [-0.1, -0.05) is 23.7 Å². The first-order valence-corrected chi connectivity index (χ1v) is 10.6. The first-order valence-electron chi connectivity index (χ1n) is 10.2. The highest BCUT2D eigenvalue weighted by atomic mass is 35.5. The van der Waals surface area contributed by atoms with E-state index >= 15 is 0 Å². The van der Waals surface area contributed by atoms with Crippen LogP contribution in [0.5, 0.6) is 0 Å². The van der Waals surface area contributed by atoms with Gasteiger partial charge in [-0.25, -0.2) is 9.48 Å². The first kappa shape index (κ1) is 23.1. The normalized spacial score (nSPS) is 14.8. The summed E-state index contributed by atoms with van der Waals surface area (Å²) < 4.78 is 41.5. The van der Waals surface area contributed by atoms with E-state index < -0.39 is 42.5 Å². The molecule has 4 rings (SSSR count). The Morgan fingerprint density at radius 1 is 1.21 bits per heavy atom. The van der Waals surface area contributed by atoms with E-state index in [0.717, 1.165) is 29.7 Å². The van der Waals surface area contributed by atoms with Gasteiger partial charge in [0.2, 0.25) is 5.91 Å². The molecule has 1 fully saturated rings. The van der Waals surface area contributed by atoms with E-state index in [1.54, 1.807) is 24.3 Å². The number of benzene rings is 2. The van der Waals surface area contributed by atoms with Gasteiger partial charge in [0.25, 0.3) is 0 Å². The highest BCUT2D eigenvalue weighted by Gasteiger charge is 2.32. The molecule has 0 radical (unpaired) electrons. The lowest BCUT2D eigenvalue weighted by Gasteiger charge is -2.18. The molecule has 2 N–H and O–H groups in total. The van der Waals surface area contributed by atoms with Crippen molar-refractivity contribution >= 4 is 17.5 Å². The van der Waals surface area contributed by atoms with Gasteiger partial charge in [-0.05, 0) is 54.8 Å². The third-order valence-corrected chi connectivity index (χ3v) is 5.56. The summed E-state index contributed by atoms with van der Waals surface area (Å²) in [6.45, 7) is -1.07. The monoisotopic (exact) mass is 480 g/mol. The zero-order valence-corrected chi connectivity index (χ0v) is 18.0. The average molecular weight is 481 g/mol. The zero-order chi connectivity index (χ0) is 23.8. The summed E-state index contributed by atoms with van der Waals surface area (Å²) in [5.74, 6) is -0.264. The van der Waals surface area contributed by atoms with Crippen molar-refractivity contribution in [1.29, 1.82) is 0 Å². The van der Waals surface area contributed by atoms with E-state index in [2.05, 4.69) is 10.4 Å². The molecule has 1 atom stereocenters. The molecule has 0 saturated heterocycles. The third kappa shape index (κ3) is 5.12. The van der Waals surface area contributed by atoms with Crippen molar-refractivity contribution in [1.82, 2.24) is 19.7 Å². The fourth-order valence-corrected chi connectivity index (χ4v) is 3.65. The molecule has 33 heavy (non-hydrogen) atoms. The van der Waals surface area contributed by atoms with Crippen LogP contribution >= 0.6 is 11.6 Å². The van der Waals surface area contributed by atoms with Crippen molar-refractivity contribution in [2.75, 3.05) is 6.61 Å². The van der Waals surface area contributed by atoms with Crippen molar-refractivity contribution in [3.63, 3.8) is 0 Å². The van der Waals surface area contributed by atoms with Gasteiger partial charge in [0.1, 0.15) is 6.54 Å². The average Bonchev–Trinajstić information content (AvgIpc) is 3.56. The molecule has 3 aromatic rings. The molecule has 1 aliphatic rings. The van der Waals surface area contributed by atoms with E-state index in [-0.39, 0.29) is 11.6 Å². The Hall–Kier alpha value is -3.11. The largest absolute Gasteiger partial charge is 0.416 e. The third-order valence-electron chi connectivity index (χ3n) is 5.31. The van der Waals surface area contributed by atoms with Crippen LogP contribution in [0.4, 0.5) is 13.2 Å². The van der Waals surface area contributed by atoms with Gasteiger partial charge in [-0.2, -0.15) is 13.2 Å². The van der Waals surface area contributed by atoms with Gasteiger partial charge in [-0.3, -0.25) is 9.36 Å². The Morgan fingerprint density at radius 2 is 1.91 bits per heavy atom. The Bertz CT molecular complexity index is 1220. The fourth-order valence-electron chi connectivity index (χ4n) is 3.52. The minimum atomic E-state index is -4.55. The highest BCUT2D eigenvalue weighted by molar-refractivity contribution is 6.30. The van der Waals surface area contributed by atoms with Crippen LogP contribution in [0.2, 0.25) is 5.02 Å². The lowest BCUT2D eigenvalue weighted by molar-refractivity contribution is -0.137. The first-order chi connectivity index (χ1) is 15.7. The molecule has 7 nitrogen and oxygen atoms in total. The number of carbonyl (C=O) groups excluding carboxylic acids is 1. The second-order valence-corrected chi connectivity index (χ2v) is 8.23. The Morgan fingerprint density at radius 3 is 2.52 bits per heavy atom. The number of hydrogen-bond donors (Lipinski definition) is 2. The molecule has 0 bridgehead atoms. The van der Waals surface area contributed by atoms with Crippen molar-refractivity contribution < 1.29 is 23.1 Å². The molecule has 11 heteroatoms. The maximum Gasteiger partial charge on any atom is 0.416 e. The fraction of sp³-hybridized carbons (Fsp3) is 0.318. The number of halogens is 4. The van der Waals surface area contributed by atoms with Crippen LogP contribution in [0, 0.1) is 0 Å². The SMILES string of the molecule is O=C(Cn1nc(-c2ccc(Cl)cc2)n(C2CC2)c1=O)NC(CO)c1cccc(C(F)(F)F)c1.